The fraction of sp³-hybridized carbons (Fsp3) is 0.412. The van der Waals surface area contributed by atoms with E-state index in [1.165, 1.54) is 16.9 Å². The highest BCUT2D eigenvalue weighted by atomic mass is 32.1. The number of aromatic nitrogens is 1. The fourth-order valence-electron chi connectivity index (χ4n) is 2.19. The van der Waals surface area contributed by atoms with Gasteiger partial charge in [-0.3, -0.25) is 4.79 Å². The van der Waals surface area contributed by atoms with Crippen LogP contribution in [0.5, 0.6) is 0 Å². The van der Waals surface area contributed by atoms with Crippen molar-refractivity contribution in [3.05, 3.63) is 51.5 Å². The average molecular weight is 317 g/mol. The number of hydrogen-bond acceptors (Lipinski definition) is 4. The Morgan fingerprint density at radius 1 is 1.27 bits per heavy atom. The third-order valence-electron chi connectivity index (χ3n) is 3.31. The first kappa shape index (κ1) is 16.6. The van der Waals surface area contributed by atoms with Crippen molar-refractivity contribution in [1.29, 1.82) is 0 Å². The van der Waals surface area contributed by atoms with Gasteiger partial charge in [-0.2, -0.15) is 0 Å². The van der Waals surface area contributed by atoms with E-state index in [1.54, 1.807) is 0 Å². The molecule has 0 atom stereocenters. The molecule has 0 radical (unpaired) electrons. The van der Waals surface area contributed by atoms with Crippen LogP contribution in [0.25, 0.3) is 0 Å². The Labute approximate surface area is 136 Å². The molecule has 0 unspecified atom stereocenters. The lowest BCUT2D eigenvalue weighted by atomic mass is 10.2. The summed E-state index contributed by atoms with van der Waals surface area (Å²) in [5.74, 6) is -0.00642. The number of nitrogens with zero attached hydrogens (tertiary/aromatic N) is 2. The molecule has 0 saturated carbocycles. The summed E-state index contributed by atoms with van der Waals surface area (Å²) in [5.41, 5.74) is 2.04. The van der Waals surface area contributed by atoms with Gasteiger partial charge in [0.15, 0.2) is 0 Å². The first-order valence-corrected chi connectivity index (χ1v) is 8.31. The number of carbonyl (C=O) groups is 1. The summed E-state index contributed by atoms with van der Waals surface area (Å²) < 4.78 is 0. The minimum absolute atomic E-state index is 0.00642. The first-order chi connectivity index (χ1) is 10.6. The van der Waals surface area contributed by atoms with Crippen molar-refractivity contribution in [3.8, 4) is 0 Å². The Balaban J connectivity index is 1.93. The van der Waals surface area contributed by atoms with Gasteiger partial charge in [-0.15, -0.1) is 11.3 Å². The number of benzene rings is 1. The fourth-order valence-corrected chi connectivity index (χ4v) is 3.20. The summed E-state index contributed by atoms with van der Waals surface area (Å²) in [6, 6.07) is 10.2. The third-order valence-corrected chi connectivity index (χ3v) is 4.47. The molecule has 1 amide bonds. The van der Waals surface area contributed by atoms with E-state index in [2.05, 4.69) is 27.3 Å². The Bertz CT molecular complexity index is 608. The SMILES string of the molecule is Cc1nc(Cc2ccccc2)sc1C(=O)NCCCN(C)C. The number of nitrogens with one attached hydrogen (secondary N) is 1. The van der Waals surface area contributed by atoms with E-state index in [0.717, 1.165) is 35.0 Å². The molecule has 118 valence electrons. The summed E-state index contributed by atoms with van der Waals surface area (Å²) in [4.78, 5) is 19.6. The number of thiazole rings is 1. The second-order valence-corrected chi connectivity index (χ2v) is 6.68. The summed E-state index contributed by atoms with van der Waals surface area (Å²) >= 11 is 1.49. The predicted molar refractivity (Wildman–Crippen MR) is 91.6 cm³/mol. The van der Waals surface area contributed by atoms with E-state index in [-0.39, 0.29) is 5.91 Å². The maximum atomic E-state index is 12.2. The van der Waals surface area contributed by atoms with Gasteiger partial charge in [0, 0.05) is 13.0 Å². The zero-order chi connectivity index (χ0) is 15.9. The number of carbonyl (C=O) groups excluding carboxylic acids is 1. The zero-order valence-corrected chi connectivity index (χ0v) is 14.2. The molecule has 1 aromatic heterocycles. The van der Waals surface area contributed by atoms with Gasteiger partial charge in [-0.1, -0.05) is 30.3 Å². The van der Waals surface area contributed by atoms with Crippen LogP contribution in [-0.4, -0.2) is 43.0 Å². The highest BCUT2D eigenvalue weighted by Crippen LogP contribution is 2.20. The third kappa shape index (κ3) is 4.93. The maximum absolute atomic E-state index is 12.2. The largest absolute Gasteiger partial charge is 0.351 e. The summed E-state index contributed by atoms with van der Waals surface area (Å²) in [6.45, 7) is 3.57. The van der Waals surface area contributed by atoms with E-state index >= 15 is 0 Å². The van der Waals surface area contributed by atoms with Crippen LogP contribution >= 0.6 is 11.3 Å². The lowest BCUT2D eigenvalue weighted by molar-refractivity contribution is 0.0955. The summed E-state index contributed by atoms with van der Waals surface area (Å²) in [6.07, 6.45) is 1.73. The van der Waals surface area contributed by atoms with Crippen molar-refractivity contribution >= 4 is 17.2 Å². The van der Waals surface area contributed by atoms with Crippen LogP contribution in [0.2, 0.25) is 0 Å². The monoisotopic (exact) mass is 317 g/mol. The van der Waals surface area contributed by atoms with Crippen LogP contribution in [0.4, 0.5) is 0 Å². The molecular formula is C17H23N3OS. The number of amides is 1. The van der Waals surface area contributed by atoms with Gasteiger partial charge in [0.2, 0.25) is 0 Å². The molecule has 2 aromatic rings. The van der Waals surface area contributed by atoms with Crippen molar-refractivity contribution in [2.24, 2.45) is 0 Å². The molecule has 4 nitrogen and oxygen atoms in total. The van der Waals surface area contributed by atoms with E-state index in [9.17, 15) is 4.79 Å². The van der Waals surface area contributed by atoms with Gasteiger partial charge < -0.3 is 10.2 Å². The van der Waals surface area contributed by atoms with E-state index in [0.29, 0.717) is 6.54 Å². The molecule has 0 fully saturated rings. The van der Waals surface area contributed by atoms with Crippen LogP contribution in [0.3, 0.4) is 0 Å². The van der Waals surface area contributed by atoms with E-state index < -0.39 is 0 Å². The van der Waals surface area contributed by atoms with Gasteiger partial charge in [0.25, 0.3) is 5.91 Å². The molecule has 0 aliphatic heterocycles. The molecular weight excluding hydrogens is 294 g/mol. The summed E-state index contributed by atoms with van der Waals surface area (Å²) in [7, 11) is 4.07. The van der Waals surface area contributed by atoms with Crippen molar-refractivity contribution in [2.45, 2.75) is 19.8 Å². The van der Waals surface area contributed by atoms with E-state index in [4.69, 9.17) is 0 Å². The topological polar surface area (TPSA) is 45.2 Å². The number of hydrogen-bond donors (Lipinski definition) is 1. The first-order valence-electron chi connectivity index (χ1n) is 7.49. The Morgan fingerprint density at radius 2 is 2.00 bits per heavy atom. The average Bonchev–Trinajstić information content (AvgIpc) is 2.85. The van der Waals surface area contributed by atoms with Crippen molar-refractivity contribution in [1.82, 2.24) is 15.2 Å². The van der Waals surface area contributed by atoms with E-state index in [1.807, 2.05) is 39.2 Å². The molecule has 2 rings (SSSR count). The molecule has 0 bridgehead atoms. The minimum Gasteiger partial charge on any atom is -0.351 e. The van der Waals surface area contributed by atoms with Crippen molar-refractivity contribution in [3.63, 3.8) is 0 Å². The molecule has 0 aliphatic carbocycles. The predicted octanol–water partition coefficient (Wildman–Crippen LogP) is 2.72. The normalized spacial score (nSPS) is 10.9. The highest BCUT2D eigenvalue weighted by Gasteiger charge is 2.15. The van der Waals surface area contributed by atoms with Crippen LogP contribution in [0.15, 0.2) is 30.3 Å². The Morgan fingerprint density at radius 3 is 2.68 bits per heavy atom. The zero-order valence-electron chi connectivity index (χ0n) is 13.4. The van der Waals surface area contributed by atoms with Gasteiger partial charge in [0.05, 0.1) is 10.7 Å². The van der Waals surface area contributed by atoms with Gasteiger partial charge >= 0.3 is 0 Å². The molecule has 0 aliphatic rings. The molecule has 1 N–H and O–H groups in total. The van der Waals surface area contributed by atoms with Crippen LogP contribution < -0.4 is 5.32 Å². The molecule has 22 heavy (non-hydrogen) atoms. The van der Waals surface area contributed by atoms with Crippen LogP contribution in [0.1, 0.15) is 32.4 Å². The molecule has 0 saturated heterocycles. The summed E-state index contributed by atoms with van der Waals surface area (Å²) in [5, 5.41) is 3.97. The Hall–Kier alpha value is -1.72. The van der Waals surface area contributed by atoms with Gasteiger partial charge in [-0.25, -0.2) is 4.98 Å². The smallest absolute Gasteiger partial charge is 0.263 e. The van der Waals surface area contributed by atoms with Crippen LogP contribution in [0, 0.1) is 6.92 Å². The van der Waals surface area contributed by atoms with Crippen molar-refractivity contribution < 1.29 is 4.79 Å². The standard InChI is InChI=1S/C17H23N3OS/c1-13-16(17(21)18-10-7-11-20(2)3)22-15(19-13)12-14-8-5-4-6-9-14/h4-6,8-9H,7,10-12H2,1-3H3,(H,18,21). The molecule has 0 spiro atoms. The molecule has 5 heteroatoms. The number of rotatable bonds is 7. The second-order valence-electron chi connectivity index (χ2n) is 5.60. The Kier molecular flexibility index (Phi) is 6.10. The molecule has 1 heterocycles. The minimum atomic E-state index is -0.00642. The number of aryl methyl sites for hydroxylation is 1. The quantitative estimate of drug-likeness (QED) is 0.799. The lowest BCUT2D eigenvalue weighted by Gasteiger charge is -2.09. The second kappa shape index (κ2) is 8.06. The lowest BCUT2D eigenvalue weighted by Crippen LogP contribution is -2.26. The van der Waals surface area contributed by atoms with Crippen molar-refractivity contribution in [2.75, 3.05) is 27.2 Å². The molecule has 1 aromatic carbocycles. The van der Waals surface area contributed by atoms with Crippen LogP contribution in [-0.2, 0) is 6.42 Å². The highest BCUT2D eigenvalue weighted by molar-refractivity contribution is 7.13. The van der Waals surface area contributed by atoms with Gasteiger partial charge in [0.1, 0.15) is 4.88 Å². The maximum Gasteiger partial charge on any atom is 0.263 e. The van der Waals surface area contributed by atoms with Gasteiger partial charge in [-0.05, 0) is 39.5 Å².